The smallest absolute Gasteiger partial charge is 0.258 e. The molecule has 0 amide bonds. The van der Waals surface area contributed by atoms with Crippen molar-refractivity contribution in [2.24, 2.45) is 0 Å². The molecule has 0 fully saturated rings. The van der Waals surface area contributed by atoms with Crippen LogP contribution >= 0.6 is 11.6 Å². The minimum atomic E-state index is -0.558. The Kier molecular flexibility index (Phi) is 4.34. The van der Waals surface area contributed by atoms with Crippen LogP contribution in [0.25, 0.3) is 0 Å². The van der Waals surface area contributed by atoms with Gasteiger partial charge >= 0.3 is 0 Å². The minimum absolute atomic E-state index is 0.0597. The maximum absolute atomic E-state index is 10.8. The van der Waals surface area contributed by atoms with Crippen molar-refractivity contribution < 1.29 is 4.92 Å². The van der Waals surface area contributed by atoms with E-state index in [2.05, 4.69) is 0 Å². The number of rotatable bonds is 4. The van der Waals surface area contributed by atoms with Crippen molar-refractivity contribution in [1.82, 2.24) is 0 Å². The first-order chi connectivity index (χ1) is 9.61. The molecule has 2 aromatic rings. The Morgan fingerprint density at radius 2 is 1.95 bits per heavy atom. The maximum atomic E-state index is 10.8. The first-order valence-electron chi connectivity index (χ1n) is 5.98. The molecule has 20 heavy (non-hydrogen) atoms. The molecule has 0 aliphatic carbocycles. The average molecular weight is 287 g/mol. The molecule has 0 saturated carbocycles. The van der Waals surface area contributed by atoms with Crippen molar-refractivity contribution in [1.29, 1.82) is 5.26 Å². The second-order valence-electron chi connectivity index (χ2n) is 4.30. The average Bonchev–Trinajstić information content (AvgIpc) is 2.47. The van der Waals surface area contributed by atoms with E-state index in [-0.39, 0.29) is 16.6 Å². The lowest BCUT2D eigenvalue weighted by molar-refractivity contribution is -0.385. The Labute approximate surface area is 121 Å². The van der Waals surface area contributed by atoms with E-state index in [0.717, 1.165) is 11.1 Å². The van der Waals surface area contributed by atoms with Gasteiger partial charge in [-0.2, -0.15) is 5.26 Å². The Balaban J connectivity index is 2.23. The molecule has 2 aromatic carbocycles. The predicted octanol–water partition coefficient (Wildman–Crippen LogP) is 3.99. The van der Waals surface area contributed by atoms with E-state index in [4.69, 9.17) is 16.9 Å². The summed E-state index contributed by atoms with van der Waals surface area (Å²) in [4.78, 5) is 10.2. The van der Waals surface area contributed by atoms with Crippen LogP contribution in [0, 0.1) is 21.4 Å². The Hall–Kier alpha value is -2.38. The summed E-state index contributed by atoms with van der Waals surface area (Å²) in [5.41, 5.74) is 1.66. The summed E-state index contributed by atoms with van der Waals surface area (Å²) >= 11 is 6.32. The van der Waals surface area contributed by atoms with Gasteiger partial charge in [-0.15, -0.1) is 11.6 Å². The molecule has 0 aliphatic heterocycles. The van der Waals surface area contributed by atoms with Crippen LogP contribution in [-0.4, -0.2) is 4.92 Å². The quantitative estimate of drug-likeness (QED) is 0.485. The molecule has 0 aliphatic rings. The standard InChI is InChI=1S/C15H11ClN2O2/c16-14(12-4-2-1-3-5-12)9-11-6-7-15(18(19)20)13(8-11)10-17/h1-8,14H,9H2. The van der Waals surface area contributed by atoms with Gasteiger partial charge in [0.1, 0.15) is 11.6 Å². The van der Waals surface area contributed by atoms with Crippen LogP contribution in [0.3, 0.4) is 0 Å². The SMILES string of the molecule is N#Cc1cc(CC(Cl)c2ccccc2)ccc1[N+](=O)[O-]. The molecule has 2 rings (SSSR count). The van der Waals surface area contributed by atoms with Crippen LogP contribution in [0.2, 0.25) is 0 Å². The Bertz CT molecular complexity index is 665. The van der Waals surface area contributed by atoms with Gasteiger partial charge < -0.3 is 0 Å². The van der Waals surface area contributed by atoms with Gasteiger partial charge in [0.05, 0.1) is 10.3 Å². The number of nitrogens with zero attached hydrogens (tertiary/aromatic N) is 2. The van der Waals surface area contributed by atoms with Gasteiger partial charge in [-0.05, 0) is 23.6 Å². The molecule has 5 heteroatoms. The molecule has 0 heterocycles. The van der Waals surface area contributed by atoms with Crippen molar-refractivity contribution in [2.75, 3.05) is 0 Å². The number of alkyl halides is 1. The number of nitro groups is 1. The molecular weight excluding hydrogens is 276 g/mol. The number of benzene rings is 2. The third-order valence-electron chi connectivity index (χ3n) is 2.95. The maximum Gasteiger partial charge on any atom is 0.287 e. The largest absolute Gasteiger partial charge is 0.287 e. The lowest BCUT2D eigenvalue weighted by Crippen LogP contribution is -1.98. The van der Waals surface area contributed by atoms with Crippen LogP contribution in [0.1, 0.15) is 22.1 Å². The number of hydrogen-bond donors (Lipinski definition) is 0. The third-order valence-corrected chi connectivity index (χ3v) is 3.36. The molecule has 0 bridgehead atoms. The summed E-state index contributed by atoms with van der Waals surface area (Å²) in [6.07, 6.45) is 0.512. The fraction of sp³-hybridized carbons (Fsp3) is 0.133. The van der Waals surface area contributed by atoms with Crippen LogP contribution in [0.15, 0.2) is 48.5 Å². The molecule has 0 aromatic heterocycles. The second kappa shape index (κ2) is 6.18. The van der Waals surface area contributed by atoms with E-state index in [0.29, 0.717) is 6.42 Å². The Morgan fingerprint density at radius 1 is 1.25 bits per heavy atom. The lowest BCUT2D eigenvalue weighted by atomic mass is 10.0. The second-order valence-corrected chi connectivity index (χ2v) is 4.83. The molecular formula is C15H11ClN2O2. The van der Waals surface area contributed by atoms with E-state index >= 15 is 0 Å². The van der Waals surface area contributed by atoms with Crippen LogP contribution in [0.5, 0.6) is 0 Å². The molecule has 0 radical (unpaired) electrons. The molecule has 1 atom stereocenters. The summed E-state index contributed by atoms with van der Waals surface area (Å²) in [5.74, 6) is 0. The molecule has 0 saturated heterocycles. The molecule has 100 valence electrons. The zero-order valence-corrected chi connectivity index (χ0v) is 11.2. The normalized spacial score (nSPS) is 11.6. The third kappa shape index (κ3) is 3.14. The van der Waals surface area contributed by atoms with Crippen molar-refractivity contribution in [3.63, 3.8) is 0 Å². The Morgan fingerprint density at radius 3 is 2.55 bits per heavy atom. The van der Waals surface area contributed by atoms with Crippen molar-refractivity contribution >= 4 is 17.3 Å². The van der Waals surface area contributed by atoms with E-state index in [1.807, 2.05) is 36.4 Å². The monoisotopic (exact) mass is 286 g/mol. The molecule has 4 nitrogen and oxygen atoms in total. The predicted molar refractivity (Wildman–Crippen MR) is 76.6 cm³/mol. The molecule has 1 unspecified atom stereocenters. The molecule has 0 spiro atoms. The fourth-order valence-corrected chi connectivity index (χ4v) is 2.27. The molecule has 0 N–H and O–H groups in total. The minimum Gasteiger partial charge on any atom is -0.258 e. The van der Waals surface area contributed by atoms with Gasteiger partial charge in [-0.25, -0.2) is 0 Å². The summed E-state index contributed by atoms with van der Waals surface area (Å²) < 4.78 is 0. The highest BCUT2D eigenvalue weighted by atomic mass is 35.5. The zero-order valence-electron chi connectivity index (χ0n) is 10.5. The van der Waals surface area contributed by atoms with Crippen molar-refractivity contribution in [3.05, 3.63) is 75.3 Å². The fourth-order valence-electron chi connectivity index (χ4n) is 1.95. The van der Waals surface area contributed by atoms with Crippen LogP contribution in [-0.2, 0) is 6.42 Å². The van der Waals surface area contributed by atoms with Gasteiger partial charge in [0, 0.05) is 6.07 Å². The number of halogens is 1. The number of hydrogen-bond acceptors (Lipinski definition) is 3. The topological polar surface area (TPSA) is 66.9 Å². The first kappa shape index (κ1) is 14.0. The van der Waals surface area contributed by atoms with Crippen molar-refractivity contribution in [2.45, 2.75) is 11.8 Å². The highest BCUT2D eigenvalue weighted by molar-refractivity contribution is 6.20. The van der Waals surface area contributed by atoms with E-state index < -0.39 is 4.92 Å². The summed E-state index contributed by atoms with van der Waals surface area (Å²) in [5, 5.41) is 19.5. The first-order valence-corrected chi connectivity index (χ1v) is 6.42. The van der Waals surface area contributed by atoms with Gasteiger partial charge in [0.15, 0.2) is 0 Å². The highest BCUT2D eigenvalue weighted by Gasteiger charge is 2.15. The summed E-state index contributed by atoms with van der Waals surface area (Å²) in [6, 6.07) is 15.9. The van der Waals surface area contributed by atoms with Crippen molar-refractivity contribution in [3.8, 4) is 6.07 Å². The van der Waals surface area contributed by atoms with Gasteiger partial charge in [-0.1, -0.05) is 36.4 Å². The van der Waals surface area contributed by atoms with Gasteiger partial charge in [0.2, 0.25) is 0 Å². The number of nitro benzene ring substituents is 1. The van der Waals surface area contributed by atoms with E-state index in [1.165, 1.54) is 12.1 Å². The van der Waals surface area contributed by atoms with Crippen LogP contribution in [0.4, 0.5) is 5.69 Å². The summed E-state index contributed by atoms with van der Waals surface area (Å²) in [6.45, 7) is 0. The van der Waals surface area contributed by atoms with Gasteiger partial charge in [-0.3, -0.25) is 10.1 Å². The van der Waals surface area contributed by atoms with E-state index in [9.17, 15) is 10.1 Å². The summed E-state index contributed by atoms with van der Waals surface area (Å²) in [7, 11) is 0. The lowest BCUT2D eigenvalue weighted by Gasteiger charge is -2.10. The van der Waals surface area contributed by atoms with E-state index in [1.54, 1.807) is 6.07 Å². The number of nitriles is 1. The highest BCUT2D eigenvalue weighted by Crippen LogP contribution is 2.27. The van der Waals surface area contributed by atoms with Gasteiger partial charge in [0.25, 0.3) is 5.69 Å². The zero-order chi connectivity index (χ0) is 14.5. The van der Waals surface area contributed by atoms with Crippen LogP contribution < -0.4 is 0 Å².